The normalized spacial score (nSPS) is 18.2. The van der Waals surface area contributed by atoms with Crippen molar-refractivity contribution in [3.8, 4) is 5.75 Å². The third kappa shape index (κ3) is 3.08. The van der Waals surface area contributed by atoms with Crippen molar-refractivity contribution in [2.24, 2.45) is 0 Å². The number of carboxylic acid groups (broad SMARTS) is 1. The number of amides is 2. The third-order valence-corrected chi connectivity index (χ3v) is 3.87. The number of carboxylic acids is 1. The first-order valence-corrected chi connectivity index (χ1v) is 6.89. The Balaban J connectivity index is 2.25. The van der Waals surface area contributed by atoms with Crippen LogP contribution in [0.2, 0.25) is 0 Å². The maximum absolute atomic E-state index is 12.1. The van der Waals surface area contributed by atoms with Gasteiger partial charge in [-0.3, -0.25) is 14.5 Å². The number of methoxy groups -OCH3 is 1. The molecule has 6 nitrogen and oxygen atoms in total. The van der Waals surface area contributed by atoms with Crippen molar-refractivity contribution in [2.45, 2.75) is 13.0 Å². The Labute approximate surface area is 125 Å². The molecule has 0 spiro atoms. The molecule has 0 aromatic heterocycles. The minimum Gasteiger partial charge on any atom is -0.497 e. The van der Waals surface area contributed by atoms with Crippen LogP contribution in [0.1, 0.15) is 12.5 Å². The highest BCUT2D eigenvalue weighted by atomic mass is 32.2. The summed E-state index contributed by atoms with van der Waals surface area (Å²) < 4.78 is 5.03. The van der Waals surface area contributed by atoms with Crippen molar-refractivity contribution in [2.75, 3.05) is 7.11 Å². The van der Waals surface area contributed by atoms with Gasteiger partial charge in [-0.1, -0.05) is 12.1 Å². The van der Waals surface area contributed by atoms with Gasteiger partial charge < -0.3 is 9.84 Å². The standard InChI is InChI=1S/C14H13NO5S/c1-8(13(17)18)15-12(16)11(21-14(15)19)7-9-3-5-10(20-2)6-4-9/h3-8H,1-2H3,(H,17,18). The maximum Gasteiger partial charge on any atom is 0.326 e. The molecule has 1 fully saturated rings. The molecule has 1 saturated heterocycles. The van der Waals surface area contributed by atoms with E-state index in [1.54, 1.807) is 37.5 Å². The Kier molecular flexibility index (Phi) is 4.32. The molecule has 0 saturated carbocycles. The largest absolute Gasteiger partial charge is 0.497 e. The number of ether oxygens (including phenoxy) is 1. The SMILES string of the molecule is COc1ccc(C=C2SC(=O)N(C(C)C(=O)O)C2=O)cc1. The summed E-state index contributed by atoms with van der Waals surface area (Å²) >= 11 is 0.736. The molecule has 1 aromatic carbocycles. The van der Waals surface area contributed by atoms with Crippen molar-refractivity contribution in [1.29, 1.82) is 0 Å². The van der Waals surface area contributed by atoms with Crippen LogP contribution < -0.4 is 4.74 Å². The molecule has 110 valence electrons. The van der Waals surface area contributed by atoms with Crippen molar-refractivity contribution >= 4 is 35.0 Å². The second kappa shape index (κ2) is 6.01. The van der Waals surface area contributed by atoms with Gasteiger partial charge in [-0.2, -0.15) is 0 Å². The van der Waals surface area contributed by atoms with Crippen LogP contribution >= 0.6 is 11.8 Å². The fraction of sp³-hybridized carbons (Fsp3) is 0.214. The first-order valence-electron chi connectivity index (χ1n) is 6.08. The highest BCUT2D eigenvalue weighted by Gasteiger charge is 2.40. The lowest BCUT2D eigenvalue weighted by Gasteiger charge is -2.16. The zero-order chi connectivity index (χ0) is 15.6. The van der Waals surface area contributed by atoms with Gasteiger partial charge in [0.1, 0.15) is 11.8 Å². The van der Waals surface area contributed by atoms with Gasteiger partial charge in [0.05, 0.1) is 12.0 Å². The van der Waals surface area contributed by atoms with E-state index in [2.05, 4.69) is 0 Å². The number of benzene rings is 1. The highest BCUT2D eigenvalue weighted by Crippen LogP contribution is 2.33. The van der Waals surface area contributed by atoms with E-state index in [0.29, 0.717) is 5.75 Å². The number of aliphatic carboxylic acids is 1. The Bertz CT molecular complexity index is 623. The van der Waals surface area contributed by atoms with Crippen LogP contribution in [0.15, 0.2) is 29.2 Å². The number of hydrogen-bond donors (Lipinski definition) is 1. The topological polar surface area (TPSA) is 83.9 Å². The molecule has 1 unspecified atom stereocenters. The number of imide groups is 1. The first-order chi connectivity index (χ1) is 9.93. The number of thioether (sulfide) groups is 1. The molecule has 1 aliphatic heterocycles. The summed E-state index contributed by atoms with van der Waals surface area (Å²) in [4.78, 5) is 35.8. The smallest absolute Gasteiger partial charge is 0.326 e. The monoisotopic (exact) mass is 307 g/mol. The molecular formula is C14H13NO5S. The zero-order valence-electron chi connectivity index (χ0n) is 11.4. The molecule has 1 heterocycles. The van der Waals surface area contributed by atoms with E-state index in [-0.39, 0.29) is 4.91 Å². The van der Waals surface area contributed by atoms with Crippen molar-refractivity contribution in [3.05, 3.63) is 34.7 Å². The lowest BCUT2D eigenvalue weighted by atomic mass is 10.2. The molecule has 7 heteroatoms. The number of nitrogens with zero attached hydrogens (tertiary/aromatic N) is 1. The number of rotatable bonds is 4. The second-order valence-corrected chi connectivity index (χ2v) is 5.33. The van der Waals surface area contributed by atoms with Gasteiger partial charge in [0, 0.05) is 0 Å². The molecule has 2 rings (SSSR count). The van der Waals surface area contributed by atoms with Crippen LogP contribution in [0.25, 0.3) is 6.08 Å². The van der Waals surface area contributed by atoms with E-state index in [1.807, 2.05) is 0 Å². The number of carbonyl (C=O) groups is 3. The van der Waals surface area contributed by atoms with E-state index in [0.717, 1.165) is 22.2 Å². The molecular weight excluding hydrogens is 294 g/mol. The zero-order valence-corrected chi connectivity index (χ0v) is 12.2. The first kappa shape index (κ1) is 15.1. The van der Waals surface area contributed by atoms with E-state index in [4.69, 9.17) is 9.84 Å². The lowest BCUT2D eigenvalue weighted by molar-refractivity contribution is -0.145. The van der Waals surface area contributed by atoms with Crippen molar-refractivity contribution in [3.63, 3.8) is 0 Å². The van der Waals surface area contributed by atoms with Gasteiger partial charge in [-0.15, -0.1) is 0 Å². The minimum absolute atomic E-state index is 0.207. The van der Waals surface area contributed by atoms with Crippen LogP contribution in [-0.4, -0.2) is 40.3 Å². The Morgan fingerprint density at radius 1 is 1.33 bits per heavy atom. The predicted molar refractivity (Wildman–Crippen MR) is 77.9 cm³/mol. The molecule has 1 atom stereocenters. The predicted octanol–water partition coefficient (Wildman–Crippen LogP) is 2.20. The molecule has 21 heavy (non-hydrogen) atoms. The van der Waals surface area contributed by atoms with Crippen molar-refractivity contribution < 1.29 is 24.2 Å². The van der Waals surface area contributed by atoms with Gasteiger partial charge in [0.25, 0.3) is 11.1 Å². The van der Waals surface area contributed by atoms with Gasteiger partial charge in [0.15, 0.2) is 0 Å². The summed E-state index contributed by atoms with van der Waals surface area (Å²) in [6, 6.07) is 5.77. The van der Waals surface area contributed by atoms with Crippen LogP contribution in [0, 0.1) is 0 Å². The Morgan fingerprint density at radius 3 is 2.48 bits per heavy atom. The summed E-state index contributed by atoms with van der Waals surface area (Å²) in [6.45, 7) is 1.30. The van der Waals surface area contributed by atoms with Crippen LogP contribution in [0.5, 0.6) is 5.75 Å². The minimum atomic E-state index is -1.22. The third-order valence-electron chi connectivity index (χ3n) is 2.98. The average molecular weight is 307 g/mol. The summed E-state index contributed by atoms with van der Waals surface area (Å²) in [5.74, 6) is -1.13. The van der Waals surface area contributed by atoms with Gasteiger partial charge >= 0.3 is 5.97 Å². The molecule has 2 amide bonds. The van der Waals surface area contributed by atoms with E-state index >= 15 is 0 Å². The average Bonchev–Trinajstić information content (AvgIpc) is 2.73. The van der Waals surface area contributed by atoms with Gasteiger partial charge in [-0.25, -0.2) is 4.79 Å². The van der Waals surface area contributed by atoms with E-state index < -0.39 is 23.2 Å². The molecule has 1 N–H and O–H groups in total. The van der Waals surface area contributed by atoms with Crippen LogP contribution in [-0.2, 0) is 9.59 Å². The Hall–Kier alpha value is -2.28. The van der Waals surface area contributed by atoms with E-state index in [9.17, 15) is 14.4 Å². The fourth-order valence-electron chi connectivity index (χ4n) is 1.78. The summed E-state index contributed by atoms with van der Waals surface area (Å²) in [5, 5.41) is 8.35. The highest BCUT2D eigenvalue weighted by molar-refractivity contribution is 8.18. The molecule has 0 aliphatic carbocycles. The number of hydrogen-bond acceptors (Lipinski definition) is 5. The van der Waals surface area contributed by atoms with E-state index in [1.165, 1.54) is 6.92 Å². The van der Waals surface area contributed by atoms with Gasteiger partial charge in [0.2, 0.25) is 0 Å². The molecule has 0 radical (unpaired) electrons. The summed E-state index contributed by atoms with van der Waals surface area (Å²) in [7, 11) is 1.55. The number of carbonyl (C=O) groups excluding carboxylic acids is 2. The maximum atomic E-state index is 12.1. The summed E-state index contributed by atoms with van der Waals surface area (Å²) in [6.07, 6.45) is 1.55. The molecule has 1 aliphatic rings. The molecule has 0 bridgehead atoms. The lowest BCUT2D eigenvalue weighted by Crippen LogP contribution is -2.41. The Morgan fingerprint density at radius 2 is 1.95 bits per heavy atom. The van der Waals surface area contributed by atoms with Gasteiger partial charge in [-0.05, 0) is 42.5 Å². The van der Waals surface area contributed by atoms with Crippen LogP contribution in [0.4, 0.5) is 4.79 Å². The second-order valence-electron chi connectivity index (χ2n) is 4.34. The molecule has 1 aromatic rings. The quantitative estimate of drug-likeness (QED) is 0.859. The van der Waals surface area contributed by atoms with Crippen molar-refractivity contribution in [1.82, 2.24) is 4.90 Å². The van der Waals surface area contributed by atoms with Crippen LogP contribution in [0.3, 0.4) is 0 Å². The fourth-order valence-corrected chi connectivity index (χ4v) is 2.68. The summed E-state index contributed by atoms with van der Waals surface area (Å²) in [5.41, 5.74) is 0.726.